The summed E-state index contributed by atoms with van der Waals surface area (Å²) >= 11 is 3.49. The number of nitrogens with zero attached hydrogens (tertiary/aromatic N) is 1. The molecular formula is C9H16BrN3. The summed E-state index contributed by atoms with van der Waals surface area (Å²) in [5, 5.41) is 0. The number of rotatable bonds is 4. The van der Waals surface area contributed by atoms with Crippen LogP contribution in [0.15, 0.2) is 10.7 Å². The van der Waals surface area contributed by atoms with E-state index in [-0.39, 0.29) is 0 Å². The Labute approximate surface area is 87.4 Å². The molecule has 1 aromatic heterocycles. The number of H-pyrrole nitrogens is 1. The number of aromatic amines is 1. The molecule has 0 aromatic carbocycles. The van der Waals surface area contributed by atoms with Crippen LogP contribution in [0.4, 0.5) is 0 Å². The quantitative estimate of drug-likeness (QED) is 0.842. The largest absolute Gasteiger partial charge is 0.353 e. The second-order valence-electron chi connectivity index (χ2n) is 3.41. The minimum absolute atomic E-state index is 0.689. The molecule has 3 nitrogen and oxygen atoms in total. The van der Waals surface area contributed by atoms with Crippen LogP contribution in [0.2, 0.25) is 0 Å². The summed E-state index contributed by atoms with van der Waals surface area (Å²) in [6.07, 6.45) is 0.909. The zero-order chi connectivity index (χ0) is 9.84. The van der Waals surface area contributed by atoms with E-state index in [4.69, 9.17) is 5.73 Å². The van der Waals surface area contributed by atoms with Gasteiger partial charge < -0.3 is 15.6 Å². The van der Waals surface area contributed by atoms with Crippen LogP contribution in [0.5, 0.6) is 0 Å². The molecule has 0 bridgehead atoms. The molecule has 0 saturated carbocycles. The molecule has 0 fully saturated rings. The van der Waals surface area contributed by atoms with Gasteiger partial charge in [-0.15, -0.1) is 0 Å². The second kappa shape index (κ2) is 4.79. The average molecular weight is 246 g/mol. The first-order valence-electron chi connectivity index (χ1n) is 4.34. The van der Waals surface area contributed by atoms with Crippen LogP contribution in [0.3, 0.4) is 0 Å². The summed E-state index contributed by atoms with van der Waals surface area (Å²) in [5.74, 6) is 0. The van der Waals surface area contributed by atoms with Gasteiger partial charge in [-0.25, -0.2) is 0 Å². The summed E-state index contributed by atoms with van der Waals surface area (Å²) in [5.41, 5.74) is 7.96. The first kappa shape index (κ1) is 10.8. The van der Waals surface area contributed by atoms with Crippen molar-refractivity contribution in [3.63, 3.8) is 0 Å². The van der Waals surface area contributed by atoms with E-state index >= 15 is 0 Å². The Hall–Kier alpha value is -0.320. The maximum Gasteiger partial charge on any atom is 0.0867 e. The summed E-state index contributed by atoms with van der Waals surface area (Å²) < 4.78 is 1.07. The van der Waals surface area contributed by atoms with Crippen LogP contribution in [-0.2, 0) is 13.0 Å². The van der Waals surface area contributed by atoms with Gasteiger partial charge in [0.25, 0.3) is 0 Å². The van der Waals surface area contributed by atoms with E-state index in [0.29, 0.717) is 6.54 Å². The van der Waals surface area contributed by atoms with Gasteiger partial charge in [0.2, 0.25) is 0 Å². The van der Waals surface area contributed by atoms with Gasteiger partial charge in [-0.3, -0.25) is 0 Å². The summed E-state index contributed by atoms with van der Waals surface area (Å²) in [6, 6.07) is 2.16. The number of nitrogens with two attached hydrogens (primary N) is 1. The van der Waals surface area contributed by atoms with Crippen molar-refractivity contribution in [1.29, 1.82) is 0 Å². The Balaban J connectivity index is 2.71. The lowest BCUT2D eigenvalue weighted by Gasteiger charge is -2.07. The highest BCUT2D eigenvalue weighted by atomic mass is 79.9. The Morgan fingerprint density at radius 2 is 2.23 bits per heavy atom. The molecule has 1 rings (SSSR count). The van der Waals surface area contributed by atoms with Gasteiger partial charge >= 0.3 is 0 Å². The lowest BCUT2D eigenvalue weighted by atomic mass is 10.2. The molecule has 0 spiro atoms. The van der Waals surface area contributed by atoms with E-state index in [0.717, 1.165) is 17.6 Å². The van der Waals surface area contributed by atoms with Crippen LogP contribution >= 0.6 is 15.9 Å². The maximum atomic E-state index is 5.48. The predicted molar refractivity (Wildman–Crippen MR) is 58.6 cm³/mol. The SMILES string of the molecule is CN(C)Cc1cc(CCN)[nH]c1Br. The normalized spacial score (nSPS) is 11.2. The zero-order valence-electron chi connectivity index (χ0n) is 8.10. The minimum atomic E-state index is 0.689. The first-order chi connectivity index (χ1) is 6.13. The van der Waals surface area contributed by atoms with Crippen molar-refractivity contribution in [3.8, 4) is 0 Å². The Bertz CT molecular complexity index is 268. The van der Waals surface area contributed by atoms with Crippen molar-refractivity contribution in [2.75, 3.05) is 20.6 Å². The van der Waals surface area contributed by atoms with E-state index in [2.05, 4.69) is 46.0 Å². The Morgan fingerprint density at radius 3 is 2.77 bits per heavy atom. The second-order valence-corrected chi connectivity index (χ2v) is 4.20. The van der Waals surface area contributed by atoms with Crippen molar-refractivity contribution in [1.82, 2.24) is 9.88 Å². The molecule has 0 unspecified atom stereocenters. The molecule has 0 atom stereocenters. The molecule has 4 heteroatoms. The minimum Gasteiger partial charge on any atom is -0.353 e. The van der Waals surface area contributed by atoms with Crippen LogP contribution in [0.25, 0.3) is 0 Å². The number of hydrogen-bond donors (Lipinski definition) is 2. The molecule has 1 aromatic rings. The van der Waals surface area contributed by atoms with E-state index in [1.54, 1.807) is 0 Å². The van der Waals surface area contributed by atoms with E-state index in [1.165, 1.54) is 11.3 Å². The van der Waals surface area contributed by atoms with Crippen LogP contribution in [0.1, 0.15) is 11.3 Å². The summed E-state index contributed by atoms with van der Waals surface area (Å²) in [4.78, 5) is 5.40. The number of hydrogen-bond acceptors (Lipinski definition) is 2. The topological polar surface area (TPSA) is 45.0 Å². The molecule has 0 aliphatic heterocycles. The van der Waals surface area contributed by atoms with Gasteiger partial charge in [-0.05, 0) is 54.6 Å². The molecule has 0 amide bonds. The van der Waals surface area contributed by atoms with Crippen molar-refractivity contribution in [2.24, 2.45) is 5.73 Å². The number of nitrogens with one attached hydrogen (secondary N) is 1. The lowest BCUT2D eigenvalue weighted by molar-refractivity contribution is 0.402. The van der Waals surface area contributed by atoms with Crippen molar-refractivity contribution >= 4 is 15.9 Å². The molecule has 1 heterocycles. The Morgan fingerprint density at radius 1 is 1.54 bits per heavy atom. The average Bonchev–Trinajstić information content (AvgIpc) is 2.31. The first-order valence-corrected chi connectivity index (χ1v) is 5.14. The fraction of sp³-hybridized carbons (Fsp3) is 0.556. The Kier molecular flexibility index (Phi) is 3.96. The van der Waals surface area contributed by atoms with Crippen LogP contribution in [-0.4, -0.2) is 30.5 Å². The maximum absolute atomic E-state index is 5.48. The summed E-state index contributed by atoms with van der Waals surface area (Å²) in [6.45, 7) is 1.63. The third-order valence-electron chi connectivity index (χ3n) is 1.80. The number of halogens is 1. The van der Waals surface area contributed by atoms with Crippen LogP contribution < -0.4 is 5.73 Å². The highest BCUT2D eigenvalue weighted by molar-refractivity contribution is 9.10. The van der Waals surface area contributed by atoms with Gasteiger partial charge in [0.05, 0.1) is 4.60 Å². The molecule has 0 saturated heterocycles. The fourth-order valence-electron chi connectivity index (χ4n) is 1.28. The monoisotopic (exact) mass is 245 g/mol. The van der Waals surface area contributed by atoms with Gasteiger partial charge in [0.15, 0.2) is 0 Å². The highest BCUT2D eigenvalue weighted by Crippen LogP contribution is 2.18. The van der Waals surface area contributed by atoms with Gasteiger partial charge in [0, 0.05) is 12.2 Å². The molecule has 74 valence electrons. The molecule has 13 heavy (non-hydrogen) atoms. The zero-order valence-corrected chi connectivity index (χ0v) is 9.69. The van der Waals surface area contributed by atoms with E-state index < -0.39 is 0 Å². The standard InChI is InChI=1S/C9H16BrN3/c1-13(2)6-7-5-8(3-4-11)12-9(7)10/h5,12H,3-4,6,11H2,1-2H3. The van der Waals surface area contributed by atoms with Gasteiger partial charge in [-0.1, -0.05) is 0 Å². The van der Waals surface area contributed by atoms with Gasteiger partial charge in [0.1, 0.15) is 0 Å². The van der Waals surface area contributed by atoms with Gasteiger partial charge in [-0.2, -0.15) is 0 Å². The molecule has 3 N–H and O–H groups in total. The van der Waals surface area contributed by atoms with Crippen molar-refractivity contribution < 1.29 is 0 Å². The van der Waals surface area contributed by atoms with Crippen molar-refractivity contribution in [3.05, 3.63) is 21.9 Å². The molecule has 0 aliphatic carbocycles. The van der Waals surface area contributed by atoms with Crippen molar-refractivity contribution in [2.45, 2.75) is 13.0 Å². The van der Waals surface area contributed by atoms with E-state index in [9.17, 15) is 0 Å². The predicted octanol–water partition coefficient (Wildman–Crippen LogP) is 1.34. The molecule has 0 aliphatic rings. The smallest absolute Gasteiger partial charge is 0.0867 e. The molecule has 0 radical (unpaired) electrons. The lowest BCUT2D eigenvalue weighted by Crippen LogP contribution is -2.10. The highest BCUT2D eigenvalue weighted by Gasteiger charge is 2.05. The van der Waals surface area contributed by atoms with Crippen LogP contribution in [0, 0.1) is 0 Å². The molecular weight excluding hydrogens is 230 g/mol. The fourth-order valence-corrected chi connectivity index (χ4v) is 1.77. The number of aromatic nitrogens is 1. The van der Waals surface area contributed by atoms with E-state index in [1.807, 2.05) is 0 Å². The third kappa shape index (κ3) is 3.14. The summed E-state index contributed by atoms with van der Waals surface area (Å²) in [7, 11) is 4.12. The third-order valence-corrected chi connectivity index (χ3v) is 2.51.